The number of benzene rings is 2. The molecule has 9 heteroatoms. The number of hydrazone groups is 1. The second-order valence-corrected chi connectivity index (χ2v) is 8.00. The van der Waals surface area contributed by atoms with E-state index in [1.54, 1.807) is 19.7 Å². The second kappa shape index (κ2) is 8.73. The van der Waals surface area contributed by atoms with Gasteiger partial charge in [0.05, 0.1) is 26.0 Å². The molecule has 4 rings (SSSR count). The van der Waals surface area contributed by atoms with Crippen molar-refractivity contribution in [1.82, 2.24) is 10.2 Å². The van der Waals surface area contributed by atoms with Crippen molar-refractivity contribution in [3.63, 3.8) is 0 Å². The number of nitrogens with one attached hydrogen (secondary N) is 1. The van der Waals surface area contributed by atoms with Crippen LogP contribution in [0, 0.1) is 0 Å². The normalized spacial score (nSPS) is 15.5. The monoisotopic (exact) mass is 437 g/mol. The van der Waals surface area contributed by atoms with Crippen molar-refractivity contribution in [1.29, 1.82) is 0 Å². The Kier molecular flexibility index (Phi) is 5.85. The lowest BCUT2D eigenvalue weighted by Gasteiger charge is -2.21. The van der Waals surface area contributed by atoms with E-state index in [4.69, 9.17) is 14.6 Å². The summed E-state index contributed by atoms with van der Waals surface area (Å²) in [6, 6.07) is 11.6. The van der Waals surface area contributed by atoms with E-state index in [1.807, 2.05) is 41.4 Å². The zero-order chi connectivity index (χ0) is 22.0. The Morgan fingerprint density at radius 3 is 2.48 bits per heavy atom. The van der Waals surface area contributed by atoms with Crippen LogP contribution in [0.3, 0.4) is 0 Å². The van der Waals surface area contributed by atoms with Crippen LogP contribution >= 0.6 is 11.3 Å². The van der Waals surface area contributed by atoms with Gasteiger partial charge < -0.3 is 14.8 Å². The summed E-state index contributed by atoms with van der Waals surface area (Å²) < 4.78 is 11.1. The van der Waals surface area contributed by atoms with Gasteiger partial charge in [-0.1, -0.05) is 23.5 Å². The van der Waals surface area contributed by atoms with Crippen LogP contribution in [-0.4, -0.2) is 42.1 Å². The van der Waals surface area contributed by atoms with Gasteiger partial charge in [-0.05, 0) is 43.2 Å². The Morgan fingerprint density at radius 2 is 1.87 bits per heavy atom. The predicted molar refractivity (Wildman–Crippen MR) is 121 cm³/mol. The zero-order valence-corrected chi connectivity index (χ0v) is 18.6. The van der Waals surface area contributed by atoms with Crippen LogP contribution in [0.5, 0.6) is 11.5 Å². The predicted octanol–water partition coefficient (Wildman–Crippen LogP) is 3.72. The molecule has 0 fully saturated rings. The lowest BCUT2D eigenvalue weighted by atomic mass is 9.94. The smallest absolute Gasteiger partial charge is 0.228 e. The molecular weight excluding hydrogens is 414 g/mol. The maximum atomic E-state index is 11.4. The summed E-state index contributed by atoms with van der Waals surface area (Å²) in [7, 11) is 3.25. The Bertz CT molecular complexity index is 1110. The summed E-state index contributed by atoms with van der Waals surface area (Å²) in [6.45, 7) is 3.59. The molecule has 0 aliphatic carbocycles. The number of fused-ring (bicyclic) bond motifs is 1. The van der Waals surface area contributed by atoms with E-state index in [1.165, 1.54) is 18.3 Å². The van der Waals surface area contributed by atoms with Crippen molar-refractivity contribution in [2.45, 2.75) is 26.3 Å². The van der Waals surface area contributed by atoms with Crippen LogP contribution in [-0.2, 0) is 11.2 Å². The first-order valence-electron chi connectivity index (χ1n) is 9.77. The third-order valence-electron chi connectivity index (χ3n) is 5.03. The van der Waals surface area contributed by atoms with Gasteiger partial charge in [0.2, 0.25) is 11.0 Å². The number of amides is 1. The number of hydrogen-bond donors (Lipinski definition) is 1. The molecule has 1 aromatic heterocycles. The molecule has 0 saturated heterocycles. The fourth-order valence-corrected chi connectivity index (χ4v) is 4.21. The minimum atomic E-state index is -0.113. The number of carbonyl (C=O) groups is 1. The summed E-state index contributed by atoms with van der Waals surface area (Å²) in [5, 5.41) is 18.6. The third-order valence-corrected chi connectivity index (χ3v) is 5.71. The van der Waals surface area contributed by atoms with Gasteiger partial charge in [-0.15, -0.1) is 10.2 Å². The molecule has 1 aliphatic heterocycles. The number of aromatic nitrogens is 2. The van der Waals surface area contributed by atoms with E-state index in [-0.39, 0.29) is 11.9 Å². The number of ether oxygens (including phenoxy) is 2. The van der Waals surface area contributed by atoms with Gasteiger partial charge in [-0.25, -0.2) is 5.01 Å². The average Bonchev–Trinajstić information content (AvgIpc) is 3.24. The molecule has 0 spiro atoms. The Morgan fingerprint density at radius 1 is 1.16 bits per heavy atom. The van der Waals surface area contributed by atoms with Crippen LogP contribution in [0.15, 0.2) is 47.0 Å². The molecule has 1 atom stereocenters. The molecular formula is C22H23N5O3S. The van der Waals surface area contributed by atoms with Crippen LogP contribution in [0.25, 0.3) is 0 Å². The second-order valence-electron chi connectivity index (χ2n) is 7.19. The fourth-order valence-electron chi connectivity index (χ4n) is 3.60. The van der Waals surface area contributed by atoms with Gasteiger partial charge >= 0.3 is 0 Å². The van der Waals surface area contributed by atoms with Gasteiger partial charge in [0, 0.05) is 23.7 Å². The maximum absolute atomic E-state index is 11.4. The first-order valence-corrected chi connectivity index (χ1v) is 10.7. The van der Waals surface area contributed by atoms with E-state index in [0.717, 1.165) is 39.6 Å². The minimum Gasteiger partial charge on any atom is -0.493 e. The molecule has 0 bridgehead atoms. The van der Waals surface area contributed by atoms with Crippen LogP contribution in [0.4, 0.5) is 10.8 Å². The van der Waals surface area contributed by atoms with E-state index >= 15 is 0 Å². The molecule has 3 aromatic rings. The highest BCUT2D eigenvalue weighted by molar-refractivity contribution is 7.13. The maximum Gasteiger partial charge on any atom is 0.228 e. The molecule has 8 nitrogen and oxygen atoms in total. The highest BCUT2D eigenvalue weighted by atomic mass is 32.1. The van der Waals surface area contributed by atoms with Crippen molar-refractivity contribution >= 4 is 33.8 Å². The van der Waals surface area contributed by atoms with Crippen LogP contribution in [0.1, 0.15) is 30.5 Å². The van der Waals surface area contributed by atoms with Crippen molar-refractivity contribution < 1.29 is 14.3 Å². The van der Waals surface area contributed by atoms with Crippen molar-refractivity contribution in [2.24, 2.45) is 5.10 Å². The molecule has 1 unspecified atom stereocenters. The quantitative estimate of drug-likeness (QED) is 0.655. The SMILES string of the molecule is COc1cc2c(cc1OC)C(c1ccc(NC(C)=O)cc1)=NN(c1nncs1)C(C)C2. The first kappa shape index (κ1) is 20.8. The molecule has 160 valence electrons. The Balaban J connectivity index is 1.87. The number of anilines is 2. The number of rotatable bonds is 5. The van der Waals surface area contributed by atoms with E-state index in [2.05, 4.69) is 22.4 Å². The molecule has 2 aromatic carbocycles. The molecule has 2 heterocycles. The lowest BCUT2D eigenvalue weighted by Crippen LogP contribution is -2.29. The van der Waals surface area contributed by atoms with Crippen molar-refractivity contribution in [3.8, 4) is 11.5 Å². The number of carbonyl (C=O) groups excluding carboxylic acids is 1. The standard InChI is InChI=1S/C22H23N5O3S/c1-13-9-16-10-19(29-3)20(30-4)11-18(16)21(26-27(13)22-25-23-12-31-22)15-5-7-17(8-6-15)24-14(2)28/h5-8,10-13H,9H2,1-4H3,(H,24,28). The molecule has 1 N–H and O–H groups in total. The summed E-state index contributed by atoms with van der Waals surface area (Å²) in [6.07, 6.45) is 0.742. The highest BCUT2D eigenvalue weighted by Crippen LogP contribution is 2.35. The van der Waals surface area contributed by atoms with Crippen molar-refractivity contribution in [2.75, 3.05) is 24.5 Å². The molecule has 1 amide bonds. The number of hydrogen-bond acceptors (Lipinski definition) is 8. The van der Waals surface area contributed by atoms with Gasteiger partial charge in [0.1, 0.15) is 5.51 Å². The van der Waals surface area contributed by atoms with Crippen molar-refractivity contribution in [3.05, 3.63) is 58.6 Å². The van der Waals surface area contributed by atoms with Gasteiger partial charge in [0.25, 0.3) is 0 Å². The largest absolute Gasteiger partial charge is 0.493 e. The summed E-state index contributed by atoms with van der Waals surface area (Å²) in [4.78, 5) is 11.4. The zero-order valence-electron chi connectivity index (χ0n) is 17.7. The third kappa shape index (κ3) is 4.22. The summed E-state index contributed by atoms with van der Waals surface area (Å²) >= 11 is 1.44. The van der Waals surface area contributed by atoms with Crippen LogP contribution < -0.4 is 19.8 Å². The summed E-state index contributed by atoms with van der Waals surface area (Å²) in [5.74, 6) is 1.21. The lowest BCUT2D eigenvalue weighted by molar-refractivity contribution is -0.114. The Labute approximate surface area is 184 Å². The van der Waals surface area contributed by atoms with Gasteiger partial charge in [-0.3, -0.25) is 4.79 Å². The molecule has 1 aliphatic rings. The molecule has 31 heavy (non-hydrogen) atoms. The van der Waals surface area contributed by atoms with Crippen LogP contribution in [0.2, 0.25) is 0 Å². The first-order chi connectivity index (χ1) is 15.0. The fraction of sp³-hybridized carbons (Fsp3) is 0.273. The number of nitrogens with zero attached hydrogens (tertiary/aromatic N) is 4. The van der Waals surface area contributed by atoms with Gasteiger partial charge in [-0.2, -0.15) is 5.10 Å². The number of methoxy groups -OCH3 is 2. The average molecular weight is 438 g/mol. The van der Waals surface area contributed by atoms with E-state index in [9.17, 15) is 4.79 Å². The molecule has 0 saturated carbocycles. The highest BCUT2D eigenvalue weighted by Gasteiger charge is 2.27. The topological polar surface area (TPSA) is 88.9 Å². The Hall–Kier alpha value is -3.46. The van der Waals surface area contributed by atoms with E-state index < -0.39 is 0 Å². The minimum absolute atomic E-state index is 0.0564. The van der Waals surface area contributed by atoms with E-state index in [0.29, 0.717) is 11.5 Å². The molecule has 0 radical (unpaired) electrons. The van der Waals surface area contributed by atoms with Gasteiger partial charge in [0.15, 0.2) is 11.5 Å². The summed E-state index contributed by atoms with van der Waals surface area (Å²) in [5.41, 5.74) is 6.18.